The first kappa shape index (κ1) is 14.2. The Labute approximate surface area is 113 Å². The molecule has 1 fully saturated rings. The van der Waals surface area contributed by atoms with Crippen LogP contribution in [0.25, 0.3) is 0 Å². The molecular weight excluding hydrogens is 245 g/mol. The molecule has 1 aliphatic heterocycles. The van der Waals surface area contributed by atoms with Gasteiger partial charge >= 0.3 is 0 Å². The van der Waals surface area contributed by atoms with Crippen molar-refractivity contribution < 1.29 is 9.50 Å². The van der Waals surface area contributed by atoms with Crippen molar-refractivity contribution in [1.29, 1.82) is 0 Å². The molecule has 0 amide bonds. The van der Waals surface area contributed by atoms with E-state index in [0.717, 1.165) is 39.1 Å². The molecule has 1 unspecified atom stereocenters. The second kappa shape index (κ2) is 6.84. The van der Waals surface area contributed by atoms with Gasteiger partial charge in [0.15, 0.2) is 0 Å². The molecule has 0 radical (unpaired) electrons. The smallest absolute Gasteiger partial charge is 0.146 e. The van der Waals surface area contributed by atoms with Crippen LogP contribution in [-0.2, 0) is 0 Å². The highest BCUT2D eigenvalue weighted by Crippen LogP contribution is 2.21. The van der Waals surface area contributed by atoms with E-state index in [4.69, 9.17) is 5.73 Å². The Morgan fingerprint density at radius 2 is 2.21 bits per heavy atom. The predicted molar refractivity (Wildman–Crippen MR) is 74.3 cm³/mol. The predicted octanol–water partition coefficient (Wildman–Crippen LogP) is 1.13. The lowest BCUT2D eigenvalue weighted by molar-refractivity contribution is 0.144. The first-order valence-corrected chi connectivity index (χ1v) is 6.83. The minimum atomic E-state index is -0.584. The molecule has 5 heteroatoms. The van der Waals surface area contributed by atoms with Gasteiger partial charge in [-0.3, -0.25) is 0 Å². The van der Waals surface area contributed by atoms with Crippen molar-refractivity contribution in [3.63, 3.8) is 0 Å². The number of nitrogen functional groups attached to an aromatic ring is 1. The highest BCUT2D eigenvalue weighted by atomic mass is 19.1. The molecule has 1 aromatic rings. The van der Waals surface area contributed by atoms with E-state index < -0.39 is 11.9 Å². The molecular formula is C14H22FN3O. The second-order valence-electron chi connectivity index (χ2n) is 5.03. The zero-order valence-corrected chi connectivity index (χ0v) is 11.1. The Kier molecular flexibility index (Phi) is 5.13. The van der Waals surface area contributed by atoms with Crippen LogP contribution in [0.15, 0.2) is 18.2 Å². The van der Waals surface area contributed by atoms with Crippen LogP contribution < -0.4 is 11.1 Å². The number of aliphatic hydroxyl groups excluding tert-OH is 1. The number of hydrogen-bond donors (Lipinski definition) is 3. The van der Waals surface area contributed by atoms with Crippen LogP contribution in [0.2, 0.25) is 0 Å². The highest BCUT2D eigenvalue weighted by molar-refractivity contribution is 5.43. The van der Waals surface area contributed by atoms with Gasteiger partial charge in [-0.05, 0) is 43.6 Å². The largest absolute Gasteiger partial charge is 0.396 e. The summed E-state index contributed by atoms with van der Waals surface area (Å²) in [5.41, 5.74) is 6.29. The number of aliphatic hydroxyl groups is 1. The fourth-order valence-corrected chi connectivity index (χ4v) is 2.37. The molecule has 0 aromatic heterocycles. The van der Waals surface area contributed by atoms with E-state index >= 15 is 0 Å². The molecule has 1 aromatic carbocycles. The van der Waals surface area contributed by atoms with Crippen molar-refractivity contribution in [1.82, 2.24) is 10.2 Å². The van der Waals surface area contributed by atoms with Crippen molar-refractivity contribution in [3.8, 4) is 0 Å². The summed E-state index contributed by atoms with van der Waals surface area (Å²) in [6.07, 6.45) is 1.20. The molecule has 19 heavy (non-hydrogen) atoms. The highest BCUT2D eigenvalue weighted by Gasteiger charge is 2.13. The molecule has 106 valence electrons. The Hall–Kier alpha value is -1.17. The maximum atomic E-state index is 13.1. The second-order valence-corrected chi connectivity index (χ2v) is 5.03. The molecule has 4 nitrogen and oxygen atoms in total. The number of anilines is 1. The van der Waals surface area contributed by atoms with Crippen LogP contribution in [0, 0.1) is 5.82 Å². The van der Waals surface area contributed by atoms with Crippen LogP contribution in [0.5, 0.6) is 0 Å². The lowest BCUT2D eigenvalue weighted by atomic mass is 10.1. The molecule has 1 saturated heterocycles. The van der Waals surface area contributed by atoms with Crippen LogP contribution in [0.1, 0.15) is 24.5 Å². The molecule has 4 N–H and O–H groups in total. The summed E-state index contributed by atoms with van der Waals surface area (Å²) >= 11 is 0. The lowest BCUT2D eigenvalue weighted by Crippen LogP contribution is -2.29. The standard InChI is InChI=1S/C14H22FN3O/c15-12-3-2-11(10-13(12)16)14(19)4-8-18-7-1-5-17-6-9-18/h2-3,10,14,17,19H,1,4-9,16H2. The van der Waals surface area contributed by atoms with E-state index in [2.05, 4.69) is 10.2 Å². The van der Waals surface area contributed by atoms with Crippen LogP contribution in [-0.4, -0.2) is 42.7 Å². The van der Waals surface area contributed by atoms with Gasteiger partial charge in [0.25, 0.3) is 0 Å². The van der Waals surface area contributed by atoms with Crippen LogP contribution in [0.4, 0.5) is 10.1 Å². The summed E-state index contributed by atoms with van der Waals surface area (Å²) in [6.45, 7) is 4.98. The molecule has 0 spiro atoms. The molecule has 0 aliphatic carbocycles. The summed E-state index contributed by atoms with van der Waals surface area (Å²) < 4.78 is 13.1. The summed E-state index contributed by atoms with van der Waals surface area (Å²) in [4.78, 5) is 2.34. The number of nitrogens with zero attached hydrogens (tertiary/aromatic N) is 1. The quantitative estimate of drug-likeness (QED) is 0.716. The molecule has 0 saturated carbocycles. The van der Waals surface area contributed by atoms with Crippen LogP contribution >= 0.6 is 0 Å². The minimum Gasteiger partial charge on any atom is -0.396 e. The Morgan fingerprint density at radius 1 is 1.37 bits per heavy atom. The number of benzene rings is 1. The van der Waals surface area contributed by atoms with Crippen molar-refractivity contribution in [2.45, 2.75) is 18.9 Å². The van der Waals surface area contributed by atoms with Gasteiger partial charge in [0.1, 0.15) is 5.82 Å². The van der Waals surface area contributed by atoms with Crippen molar-refractivity contribution >= 4 is 5.69 Å². The van der Waals surface area contributed by atoms with E-state index in [0.29, 0.717) is 12.0 Å². The number of halogens is 1. The lowest BCUT2D eigenvalue weighted by Gasteiger charge is -2.21. The summed E-state index contributed by atoms with van der Waals surface area (Å²) in [5, 5.41) is 13.5. The SMILES string of the molecule is Nc1cc(C(O)CCN2CCCNCC2)ccc1F. The Morgan fingerprint density at radius 3 is 3.00 bits per heavy atom. The minimum absolute atomic E-state index is 0.0931. The third-order valence-electron chi connectivity index (χ3n) is 3.56. The number of nitrogens with two attached hydrogens (primary N) is 1. The van der Waals surface area contributed by atoms with Gasteiger partial charge in [-0.15, -0.1) is 0 Å². The van der Waals surface area contributed by atoms with E-state index in [1.165, 1.54) is 12.1 Å². The average molecular weight is 267 g/mol. The van der Waals surface area contributed by atoms with E-state index in [-0.39, 0.29) is 5.69 Å². The van der Waals surface area contributed by atoms with Gasteiger partial charge < -0.3 is 21.1 Å². The molecule has 1 atom stereocenters. The van der Waals surface area contributed by atoms with Gasteiger partial charge in [0, 0.05) is 19.6 Å². The Bertz CT molecular complexity index is 406. The van der Waals surface area contributed by atoms with Gasteiger partial charge in [0.2, 0.25) is 0 Å². The van der Waals surface area contributed by atoms with Crippen molar-refractivity contribution in [3.05, 3.63) is 29.6 Å². The third-order valence-corrected chi connectivity index (χ3v) is 3.56. The maximum absolute atomic E-state index is 13.1. The van der Waals surface area contributed by atoms with Gasteiger partial charge in [-0.1, -0.05) is 6.07 Å². The zero-order valence-electron chi connectivity index (χ0n) is 11.1. The Balaban J connectivity index is 1.85. The maximum Gasteiger partial charge on any atom is 0.146 e. The van der Waals surface area contributed by atoms with Gasteiger partial charge in [-0.25, -0.2) is 4.39 Å². The summed E-state index contributed by atoms with van der Waals surface area (Å²) in [6, 6.07) is 4.42. The number of rotatable bonds is 4. The topological polar surface area (TPSA) is 61.5 Å². The van der Waals surface area contributed by atoms with Crippen molar-refractivity contribution in [2.24, 2.45) is 0 Å². The normalized spacial score (nSPS) is 19.1. The number of hydrogen-bond acceptors (Lipinski definition) is 4. The molecule has 0 bridgehead atoms. The third kappa shape index (κ3) is 4.16. The van der Waals surface area contributed by atoms with E-state index in [1.807, 2.05) is 0 Å². The fraction of sp³-hybridized carbons (Fsp3) is 0.571. The molecule has 1 aliphatic rings. The van der Waals surface area contributed by atoms with E-state index in [1.54, 1.807) is 6.07 Å². The first-order chi connectivity index (χ1) is 9.16. The van der Waals surface area contributed by atoms with Crippen LogP contribution in [0.3, 0.4) is 0 Å². The molecule has 2 rings (SSSR count). The number of nitrogens with one attached hydrogen (secondary N) is 1. The average Bonchev–Trinajstić information content (AvgIpc) is 2.67. The van der Waals surface area contributed by atoms with Gasteiger partial charge in [-0.2, -0.15) is 0 Å². The monoisotopic (exact) mass is 267 g/mol. The van der Waals surface area contributed by atoms with E-state index in [9.17, 15) is 9.50 Å². The molecule has 1 heterocycles. The first-order valence-electron chi connectivity index (χ1n) is 6.83. The van der Waals surface area contributed by atoms with Gasteiger partial charge in [0.05, 0.1) is 11.8 Å². The summed E-state index contributed by atoms with van der Waals surface area (Å²) in [5.74, 6) is -0.436. The van der Waals surface area contributed by atoms with Crippen molar-refractivity contribution in [2.75, 3.05) is 38.5 Å². The fourth-order valence-electron chi connectivity index (χ4n) is 2.37. The zero-order chi connectivity index (χ0) is 13.7. The summed E-state index contributed by atoms with van der Waals surface area (Å²) in [7, 11) is 0.